The van der Waals surface area contributed by atoms with Crippen molar-refractivity contribution in [3.8, 4) is 0 Å². The third kappa shape index (κ3) is 5.45. The Balaban J connectivity index is 1.78. The second-order valence-corrected chi connectivity index (χ2v) is 8.77. The van der Waals surface area contributed by atoms with Crippen molar-refractivity contribution < 1.29 is 4.79 Å². The molecule has 3 nitrogen and oxygen atoms in total. The second-order valence-electron chi connectivity index (χ2n) is 8.77. The van der Waals surface area contributed by atoms with E-state index in [0.717, 1.165) is 32.7 Å². The highest BCUT2D eigenvalue weighted by Crippen LogP contribution is 2.34. The first-order chi connectivity index (χ1) is 13.4. The molecular weight excluding hydrogens is 344 g/mol. The Kier molecular flexibility index (Phi) is 6.90. The molecule has 0 bridgehead atoms. The van der Waals surface area contributed by atoms with Crippen LogP contribution in [-0.2, 0) is 11.3 Å². The van der Waals surface area contributed by atoms with Gasteiger partial charge in [0.05, 0.1) is 0 Å². The predicted molar refractivity (Wildman–Crippen MR) is 116 cm³/mol. The molecule has 2 unspecified atom stereocenters. The molecular formula is C25H34N2O. The number of benzene rings is 2. The van der Waals surface area contributed by atoms with Crippen molar-refractivity contribution in [3.63, 3.8) is 0 Å². The number of carbonyl (C=O) groups is 1. The van der Waals surface area contributed by atoms with E-state index in [0.29, 0.717) is 17.8 Å². The lowest BCUT2D eigenvalue weighted by Crippen LogP contribution is -2.38. The topological polar surface area (TPSA) is 23.6 Å². The smallest absolute Gasteiger partial charge is 0.219 e. The lowest BCUT2D eigenvalue weighted by atomic mass is 9.88. The first kappa shape index (κ1) is 20.6. The summed E-state index contributed by atoms with van der Waals surface area (Å²) in [5, 5.41) is 0. The van der Waals surface area contributed by atoms with E-state index in [-0.39, 0.29) is 5.91 Å². The fourth-order valence-electron chi connectivity index (χ4n) is 4.36. The number of hydrogen-bond donors (Lipinski definition) is 0. The largest absolute Gasteiger partial charge is 0.342 e. The van der Waals surface area contributed by atoms with Crippen LogP contribution in [-0.4, -0.2) is 41.9 Å². The van der Waals surface area contributed by atoms with E-state index in [4.69, 9.17) is 0 Å². The van der Waals surface area contributed by atoms with Crippen LogP contribution in [0.3, 0.4) is 0 Å². The highest BCUT2D eigenvalue weighted by atomic mass is 16.2. The first-order valence-electron chi connectivity index (χ1n) is 10.5. The van der Waals surface area contributed by atoms with Crippen molar-refractivity contribution >= 4 is 5.91 Å². The summed E-state index contributed by atoms with van der Waals surface area (Å²) >= 11 is 0. The van der Waals surface area contributed by atoms with Crippen molar-refractivity contribution in [1.29, 1.82) is 0 Å². The monoisotopic (exact) mass is 378 g/mol. The third-order valence-corrected chi connectivity index (χ3v) is 5.76. The number of carbonyl (C=O) groups excluding carboxylic acids is 1. The van der Waals surface area contributed by atoms with Gasteiger partial charge in [0.25, 0.3) is 0 Å². The zero-order valence-corrected chi connectivity index (χ0v) is 17.8. The maximum absolute atomic E-state index is 12.2. The van der Waals surface area contributed by atoms with E-state index >= 15 is 0 Å². The number of aryl methyl sites for hydroxylation is 1. The van der Waals surface area contributed by atoms with Gasteiger partial charge in [-0.05, 0) is 29.9 Å². The molecule has 1 fully saturated rings. The SMILES string of the molecule is CC(=O)N(CC(C)C)CC1CN(Cc2ccccc2)CC1c1ccc(C)cc1. The van der Waals surface area contributed by atoms with E-state index in [9.17, 15) is 4.79 Å². The van der Waals surface area contributed by atoms with Gasteiger partial charge in [-0.25, -0.2) is 0 Å². The fourth-order valence-corrected chi connectivity index (χ4v) is 4.36. The standard InChI is InChI=1S/C25H34N2O/c1-19(2)14-27(21(4)28)17-24-16-26(15-22-8-6-5-7-9-22)18-25(24)23-12-10-20(3)11-13-23/h5-13,19,24-25H,14-18H2,1-4H3. The summed E-state index contributed by atoms with van der Waals surface area (Å²) in [6.07, 6.45) is 0. The van der Waals surface area contributed by atoms with Gasteiger partial charge in [0.1, 0.15) is 0 Å². The number of rotatable bonds is 7. The molecule has 1 aliphatic rings. The summed E-state index contributed by atoms with van der Waals surface area (Å²) < 4.78 is 0. The molecule has 1 amide bonds. The van der Waals surface area contributed by atoms with Crippen LogP contribution in [0.25, 0.3) is 0 Å². The summed E-state index contributed by atoms with van der Waals surface area (Å²) in [5.41, 5.74) is 4.06. The fraction of sp³-hybridized carbons (Fsp3) is 0.480. The number of hydrogen-bond acceptors (Lipinski definition) is 2. The Morgan fingerprint density at radius 3 is 2.36 bits per heavy atom. The molecule has 1 aliphatic heterocycles. The van der Waals surface area contributed by atoms with Crippen molar-refractivity contribution in [1.82, 2.24) is 9.80 Å². The molecule has 0 saturated carbocycles. The quantitative estimate of drug-likeness (QED) is 0.696. The summed E-state index contributed by atoms with van der Waals surface area (Å²) in [7, 11) is 0. The molecule has 0 radical (unpaired) electrons. The maximum atomic E-state index is 12.2. The zero-order chi connectivity index (χ0) is 20.1. The van der Waals surface area contributed by atoms with Gasteiger partial charge in [-0.3, -0.25) is 9.69 Å². The van der Waals surface area contributed by atoms with Crippen molar-refractivity contribution in [3.05, 3.63) is 71.3 Å². The van der Waals surface area contributed by atoms with Gasteiger partial charge in [0, 0.05) is 45.6 Å². The molecule has 0 aromatic heterocycles. The van der Waals surface area contributed by atoms with Crippen LogP contribution >= 0.6 is 0 Å². The Labute approximate surface area is 170 Å². The molecule has 0 aliphatic carbocycles. The normalized spacial score (nSPS) is 19.9. The molecule has 150 valence electrons. The molecule has 3 heteroatoms. The van der Waals surface area contributed by atoms with Crippen LogP contribution < -0.4 is 0 Å². The Hall–Kier alpha value is -2.13. The van der Waals surface area contributed by atoms with E-state index in [1.54, 1.807) is 6.92 Å². The van der Waals surface area contributed by atoms with Crippen LogP contribution in [0.5, 0.6) is 0 Å². The third-order valence-electron chi connectivity index (χ3n) is 5.76. The minimum atomic E-state index is 0.192. The minimum absolute atomic E-state index is 0.192. The lowest BCUT2D eigenvalue weighted by molar-refractivity contribution is -0.130. The van der Waals surface area contributed by atoms with Gasteiger partial charge in [-0.1, -0.05) is 74.0 Å². The van der Waals surface area contributed by atoms with Crippen LogP contribution in [0.2, 0.25) is 0 Å². The molecule has 0 spiro atoms. The molecule has 1 saturated heterocycles. The second kappa shape index (κ2) is 9.38. The van der Waals surface area contributed by atoms with Gasteiger partial charge < -0.3 is 4.90 Å². The summed E-state index contributed by atoms with van der Waals surface area (Å²) in [4.78, 5) is 16.9. The molecule has 28 heavy (non-hydrogen) atoms. The minimum Gasteiger partial charge on any atom is -0.342 e. The van der Waals surface area contributed by atoms with E-state index in [1.807, 2.05) is 0 Å². The van der Waals surface area contributed by atoms with Crippen LogP contribution in [0, 0.1) is 18.8 Å². The summed E-state index contributed by atoms with van der Waals surface area (Å²) in [6, 6.07) is 19.7. The van der Waals surface area contributed by atoms with Gasteiger partial charge >= 0.3 is 0 Å². The van der Waals surface area contributed by atoms with Crippen molar-refractivity contribution in [2.24, 2.45) is 11.8 Å². The zero-order valence-electron chi connectivity index (χ0n) is 17.8. The average Bonchev–Trinajstić information content (AvgIpc) is 3.04. The summed E-state index contributed by atoms with van der Waals surface area (Å²) in [5.74, 6) is 1.62. The Morgan fingerprint density at radius 1 is 1.07 bits per heavy atom. The average molecular weight is 379 g/mol. The Bertz CT molecular complexity index is 754. The number of likely N-dealkylation sites (tertiary alicyclic amines) is 1. The number of nitrogens with zero attached hydrogens (tertiary/aromatic N) is 2. The lowest BCUT2D eigenvalue weighted by Gasteiger charge is -2.29. The van der Waals surface area contributed by atoms with Crippen LogP contribution in [0.15, 0.2) is 54.6 Å². The van der Waals surface area contributed by atoms with Crippen LogP contribution in [0.1, 0.15) is 43.4 Å². The molecule has 0 N–H and O–H groups in total. The maximum Gasteiger partial charge on any atom is 0.219 e. The molecule has 2 aromatic rings. The number of amides is 1. The first-order valence-corrected chi connectivity index (χ1v) is 10.5. The van der Waals surface area contributed by atoms with Gasteiger partial charge in [0.15, 0.2) is 0 Å². The van der Waals surface area contributed by atoms with E-state index in [1.165, 1.54) is 16.7 Å². The molecule has 2 atom stereocenters. The molecule has 1 heterocycles. The van der Waals surface area contributed by atoms with E-state index in [2.05, 4.69) is 85.2 Å². The predicted octanol–water partition coefficient (Wildman–Crippen LogP) is 4.72. The van der Waals surface area contributed by atoms with E-state index < -0.39 is 0 Å². The van der Waals surface area contributed by atoms with Crippen molar-refractivity contribution in [2.75, 3.05) is 26.2 Å². The molecule has 3 rings (SSSR count). The Morgan fingerprint density at radius 2 is 1.75 bits per heavy atom. The van der Waals surface area contributed by atoms with Gasteiger partial charge in [0.2, 0.25) is 5.91 Å². The summed E-state index contributed by atoms with van der Waals surface area (Å²) in [6.45, 7) is 13.0. The molecule has 2 aromatic carbocycles. The highest BCUT2D eigenvalue weighted by Gasteiger charge is 2.35. The van der Waals surface area contributed by atoms with Crippen molar-refractivity contribution in [2.45, 2.75) is 40.2 Å². The van der Waals surface area contributed by atoms with Gasteiger partial charge in [-0.2, -0.15) is 0 Å². The highest BCUT2D eigenvalue weighted by molar-refractivity contribution is 5.73. The van der Waals surface area contributed by atoms with Crippen LogP contribution in [0.4, 0.5) is 0 Å². The van der Waals surface area contributed by atoms with Gasteiger partial charge in [-0.15, -0.1) is 0 Å².